The maximum absolute atomic E-state index is 12.1. The van der Waals surface area contributed by atoms with Crippen molar-refractivity contribution in [2.24, 2.45) is 11.7 Å². The summed E-state index contributed by atoms with van der Waals surface area (Å²) in [6.45, 7) is 0.165. The Morgan fingerprint density at radius 3 is 2.71 bits per heavy atom. The van der Waals surface area contributed by atoms with Crippen LogP contribution < -0.4 is 5.73 Å². The molecule has 0 aromatic heterocycles. The summed E-state index contributed by atoms with van der Waals surface area (Å²) in [6, 6.07) is 6.54. The van der Waals surface area contributed by atoms with Crippen molar-refractivity contribution in [2.75, 3.05) is 6.54 Å². The first-order valence-corrected chi connectivity index (χ1v) is 7.24. The van der Waals surface area contributed by atoms with E-state index in [9.17, 15) is 14.4 Å². The molecule has 1 heterocycles. The molecule has 0 radical (unpaired) electrons. The molecule has 2 rings (SSSR count). The van der Waals surface area contributed by atoms with E-state index in [0.29, 0.717) is 5.56 Å². The van der Waals surface area contributed by atoms with Crippen molar-refractivity contribution < 1.29 is 19.5 Å². The lowest BCUT2D eigenvalue weighted by Crippen LogP contribution is -2.33. The quantitative estimate of drug-likeness (QED) is 0.831. The summed E-state index contributed by atoms with van der Waals surface area (Å²) in [4.78, 5) is 35.9. The normalized spacial score (nSPS) is 19.6. The van der Waals surface area contributed by atoms with Crippen LogP contribution >= 0.6 is 15.9 Å². The van der Waals surface area contributed by atoms with E-state index in [-0.39, 0.29) is 25.3 Å². The van der Waals surface area contributed by atoms with Gasteiger partial charge in [0.15, 0.2) is 0 Å². The molecule has 0 aliphatic carbocycles. The van der Waals surface area contributed by atoms with Crippen LogP contribution in [0.4, 0.5) is 0 Å². The van der Waals surface area contributed by atoms with E-state index in [4.69, 9.17) is 10.8 Å². The number of nitrogens with two attached hydrogens (primary N) is 1. The van der Waals surface area contributed by atoms with E-state index >= 15 is 0 Å². The predicted octanol–water partition coefficient (Wildman–Crippen LogP) is 1.30. The summed E-state index contributed by atoms with van der Waals surface area (Å²) in [5.41, 5.74) is 5.96. The smallest absolute Gasteiger partial charge is 0.305 e. The molecule has 1 fully saturated rings. The second-order valence-corrected chi connectivity index (χ2v) is 5.93. The maximum Gasteiger partial charge on any atom is 0.305 e. The van der Waals surface area contributed by atoms with E-state index in [1.165, 1.54) is 4.90 Å². The maximum atomic E-state index is 12.1. The Hall–Kier alpha value is -1.89. The summed E-state index contributed by atoms with van der Waals surface area (Å²) in [5.74, 6) is -2.34. The van der Waals surface area contributed by atoms with Crippen molar-refractivity contribution in [1.82, 2.24) is 4.90 Å². The third kappa shape index (κ3) is 3.60. The standard InChI is InChI=1S/C14H15BrN2O4/c15-10-3-1-2-8(4-10)11(6-13(19)20)17-7-9(14(16)21)5-12(17)18/h1-4,9,11H,5-7H2,(H2,16,21)(H,19,20). The molecule has 0 bridgehead atoms. The molecule has 1 aromatic rings. The molecule has 2 amide bonds. The zero-order valence-corrected chi connectivity index (χ0v) is 12.7. The highest BCUT2D eigenvalue weighted by atomic mass is 79.9. The molecule has 6 nitrogen and oxygen atoms in total. The monoisotopic (exact) mass is 354 g/mol. The molecule has 3 N–H and O–H groups in total. The minimum atomic E-state index is -1.00. The SMILES string of the molecule is NC(=O)C1CC(=O)N(C(CC(=O)O)c2cccc(Br)c2)C1. The Morgan fingerprint density at radius 1 is 1.48 bits per heavy atom. The molecule has 2 unspecified atom stereocenters. The van der Waals surface area contributed by atoms with Crippen molar-refractivity contribution in [3.8, 4) is 0 Å². The van der Waals surface area contributed by atoms with Crippen LogP contribution in [-0.4, -0.2) is 34.3 Å². The van der Waals surface area contributed by atoms with E-state index < -0.39 is 23.8 Å². The predicted molar refractivity (Wildman–Crippen MR) is 78.2 cm³/mol. The number of carbonyl (C=O) groups is 3. The molecule has 0 spiro atoms. The van der Waals surface area contributed by atoms with Crippen LogP contribution in [0.2, 0.25) is 0 Å². The highest BCUT2D eigenvalue weighted by molar-refractivity contribution is 9.10. The van der Waals surface area contributed by atoms with Crippen LogP contribution in [0.3, 0.4) is 0 Å². The van der Waals surface area contributed by atoms with Crippen LogP contribution in [0.5, 0.6) is 0 Å². The molecule has 21 heavy (non-hydrogen) atoms. The van der Waals surface area contributed by atoms with Crippen molar-refractivity contribution in [3.63, 3.8) is 0 Å². The molecule has 1 aliphatic heterocycles. The molecule has 1 aromatic carbocycles. The lowest BCUT2D eigenvalue weighted by molar-refractivity contribution is -0.139. The highest BCUT2D eigenvalue weighted by Crippen LogP contribution is 2.32. The number of carbonyl (C=O) groups excluding carboxylic acids is 2. The molecule has 1 saturated heterocycles. The van der Waals surface area contributed by atoms with Crippen LogP contribution in [-0.2, 0) is 14.4 Å². The van der Waals surface area contributed by atoms with Crippen molar-refractivity contribution >= 4 is 33.7 Å². The Bertz CT molecular complexity index is 590. The van der Waals surface area contributed by atoms with Crippen LogP contribution in [0.1, 0.15) is 24.4 Å². The van der Waals surface area contributed by atoms with E-state index in [2.05, 4.69) is 15.9 Å². The van der Waals surface area contributed by atoms with Gasteiger partial charge in [-0.15, -0.1) is 0 Å². The topological polar surface area (TPSA) is 101 Å². The van der Waals surface area contributed by atoms with Crippen molar-refractivity contribution in [1.29, 1.82) is 0 Å². The summed E-state index contributed by atoms with van der Waals surface area (Å²) in [7, 11) is 0. The number of hydrogen-bond donors (Lipinski definition) is 2. The average molecular weight is 355 g/mol. The number of primary amides is 1. The van der Waals surface area contributed by atoms with Crippen molar-refractivity contribution in [2.45, 2.75) is 18.9 Å². The van der Waals surface area contributed by atoms with Gasteiger partial charge in [0.05, 0.1) is 18.4 Å². The number of carboxylic acid groups (broad SMARTS) is 1. The second kappa shape index (κ2) is 6.26. The fraction of sp³-hybridized carbons (Fsp3) is 0.357. The number of carboxylic acids is 1. The molecule has 1 aliphatic rings. The zero-order valence-electron chi connectivity index (χ0n) is 11.2. The van der Waals surface area contributed by atoms with Gasteiger partial charge in [-0.2, -0.15) is 0 Å². The van der Waals surface area contributed by atoms with E-state index in [0.717, 1.165) is 4.47 Å². The Kier molecular flexibility index (Phi) is 4.62. The zero-order chi connectivity index (χ0) is 15.6. The molecule has 112 valence electrons. The fourth-order valence-electron chi connectivity index (χ4n) is 2.51. The lowest BCUT2D eigenvalue weighted by Gasteiger charge is -2.27. The largest absolute Gasteiger partial charge is 0.481 e. The summed E-state index contributed by atoms with van der Waals surface area (Å²) in [5, 5.41) is 9.09. The molecular formula is C14H15BrN2O4. The average Bonchev–Trinajstić information content (AvgIpc) is 2.78. The number of benzene rings is 1. The van der Waals surface area contributed by atoms with Gasteiger partial charge in [0.25, 0.3) is 0 Å². The third-order valence-electron chi connectivity index (χ3n) is 3.54. The number of amides is 2. The van der Waals surface area contributed by atoms with Gasteiger partial charge in [-0.25, -0.2) is 0 Å². The minimum absolute atomic E-state index is 0.0411. The van der Waals surface area contributed by atoms with Crippen LogP contribution in [0.25, 0.3) is 0 Å². The van der Waals surface area contributed by atoms with Crippen molar-refractivity contribution in [3.05, 3.63) is 34.3 Å². The van der Waals surface area contributed by atoms with Gasteiger partial charge < -0.3 is 15.7 Å². The fourth-order valence-corrected chi connectivity index (χ4v) is 2.93. The highest BCUT2D eigenvalue weighted by Gasteiger charge is 2.38. The van der Waals surface area contributed by atoms with E-state index in [1.54, 1.807) is 18.2 Å². The number of rotatable bonds is 5. The van der Waals surface area contributed by atoms with Gasteiger partial charge in [0.2, 0.25) is 11.8 Å². The number of halogens is 1. The van der Waals surface area contributed by atoms with Gasteiger partial charge in [-0.1, -0.05) is 28.1 Å². The molecule has 2 atom stereocenters. The third-order valence-corrected chi connectivity index (χ3v) is 4.03. The summed E-state index contributed by atoms with van der Waals surface area (Å²) >= 11 is 3.33. The van der Waals surface area contributed by atoms with Gasteiger partial charge in [0, 0.05) is 17.4 Å². The molecule has 7 heteroatoms. The van der Waals surface area contributed by atoms with E-state index in [1.807, 2.05) is 6.07 Å². The Morgan fingerprint density at radius 2 is 2.19 bits per heavy atom. The number of nitrogens with zero attached hydrogens (tertiary/aromatic N) is 1. The first kappa shape index (κ1) is 15.5. The molecular weight excluding hydrogens is 340 g/mol. The Labute approximate surface area is 130 Å². The Balaban J connectivity index is 2.30. The molecule has 0 saturated carbocycles. The van der Waals surface area contributed by atoms with Gasteiger partial charge in [0.1, 0.15) is 0 Å². The number of hydrogen-bond acceptors (Lipinski definition) is 3. The minimum Gasteiger partial charge on any atom is -0.481 e. The number of aliphatic carboxylic acids is 1. The van der Waals surface area contributed by atoms with Gasteiger partial charge >= 0.3 is 5.97 Å². The first-order valence-electron chi connectivity index (χ1n) is 6.44. The second-order valence-electron chi connectivity index (χ2n) is 5.02. The first-order chi connectivity index (χ1) is 9.88. The summed E-state index contributed by atoms with van der Waals surface area (Å²) < 4.78 is 0.800. The number of likely N-dealkylation sites (tertiary alicyclic amines) is 1. The summed E-state index contributed by atoms with van der Waals surface area (Å²) in [6.07, 6.45) is -0.173. The van der Waals surface area contributed by atoms with Crippen LogP contribution in [0, 0.1) is 5.92 Å². The lowest BCUT2D eigenvalue weighted by atomic mass is 10.0. The van der Waals surface area contributed by atoms with Gasteiger partial charge in [-0.05, 0) is 17.7 Å². The van der Waals surface area contributed by atoms with Crippen LogP contribution in [0.15, 0.2) is 28.7 Å². The van der Waals surface area contributed by atoms with Gasteiger partial charge in [-0.3, -0.25) is 14.4 Å².